The molecule has 0 radical (unpaired) electrons. The lowest BCUT2D eigenvalue weighted by atomic mass is 9.91. The van der Waals surface area contributed by atoms with Gasteiger partial charge in [-0.3, -0.25) is 0 Å². The molecular weight excluding hydrogens is 268 g/mol. The molecule has 1 fully saturated rings. The van der Waals surface area contributed by atoms with Gasteiger partial charge in [-0.25, -0.2) is 9.78 Å². The zero-order valence-corrected chi connectivity index (χ0v) is 13.2. The Kier molecular flexibility index (Phi) is 4.52. The van der Waals surface area contributed by atoms with Gasteiger partial charge in [-0.1, -0.05) is 20.8 Å². The van der Waals surface area contributed by atoms with E-state index in [9.17, 15) is 9.90 Å². The van der Waals surface area contributed by atoms with Gasteiger partial charge >= 0.3 is 5.97 Å². The van der Waals surface area contributed by atoms with Crippen LogP contribution in [0.25, 0.3) is 0 Å². The van der Waals surface area contributed by atoms with Crippen LogP contribution in [0.5, 0.6) is 5.88 Å². The summed E-state index contributed by atoms with van der Waals surface area (Å²) in [6.45, 7) is 7.37. The standard InChI is InChI=1S/C16H24N2O3/c1-16(2,3)13-9-11(15(19)20)10-14(17-13)21-8-7-18(4)12-5-6-12/h9-10,12H,5-8H2,1-4H3,(H,19,20). The molecule has 5 heteroatoms. The van der Waals surface area contributed by atoms with E-state index in [1.54, 1.807) is 6.07 Å². The SMILES string of the molecule is CN(CCOc1cc(C(=O)O)cc(C(C)(C)C)n1)C1CC1. The highest BCUT2D eigenvalue weighted by Gasteiger charge is 2.25. The van der Waals surface area contributed by atoms with Crippen molar-refractivity contribution in [1.29, 1.82) is 0 Å². The molecule has 21 heavy (non-hydrogen) atoms. The fourth-order valence-corrected chi connectivity index (χ4v) is 2.08. The van der Waals surface area contributed by atoms with Crippen molar-refractivity contribution in [1.82, 2.24) is 9.88 Å². The Morgan fingerprint density at radius 3 is 2.62 bits per heavy atom. The van der Waals surface area contributed by atoms with Gasteiger partial charge in [0.2, 0.25) is 5.88 Å². The monoisotopic (exact) mass is 292 g/mol. The molecule has 0 saturated heterocycles. The average molecular weight is 292 g/mol. The second-order valence-electron chi connectivity index (χ2n) is 6.69. The maximum absolute atomic E-state index is 11.2. The number of ether oxygens (including phenoxy) is 1. The van der Waals surface area contributed by atoms with E-state index < -0.39 is 5.97 Å². The number of aromatic nitrogens is 1. The zero-order chi connectivity index (χ0) is 15.6. The third kappa shape index (κ3) is 4.43. The van der Waals surface area contributed by atoms with Gasteiger partial charge in [-0.15, -0.1) is 0 Å². The van der Waals surface area contributed by atoms with Crippen LogP contribution in [0.4, 0.5) is 0 Å². The van der Waals surface area contributed by atoms with Crippen molar-refractivity contribution >= 4 is 5.97 Å². The van der Waals surface area contributed by atoms with Crippen molar-refractivity contribution in [2.45, 2.75) is 45.1 Å². The van der Waals surface area contributed by atoms with Crippen molar-refractivity contribution < 1.29 is 14.6 Å². The number of pyridine rings is 1. The van der Waals surface area contributed by atoms with Crippen LogP contribution in [0.2, 0.25) is 0 Å². The highest BCUT2D eigenvalue weighted by Crippen LogP contribution is 2.26. The summed E-state index contributed by atoms with van der Waals surface area (Å²) in [5, 5.41) is 9.20. The van der Waals surface area contributed by atoms with Crippen LogP contribution in [0.15, 0.2) is 12.1 Å². The number of carboxylic acid groups (broad SMARTS) is 1. The van der Waals surface area contributed by atoms with Gasteiger partial charge < -0.3 is 14.7 Å². The lowest BCUT2D eigenvalue weighted by Gasteiger charge is -2.20. The summed E-state index contributed by atoms with van der Waals surface area (Å²) in [4.78, 5) is 17.9. The van der Waals surface area contributed by atoms with Crippen molar-refractivity contribution in [3.8, 4) is 5.88 Å². The summed E-state index contributed by atoms with van der Waals surface area (Å²) in [6.07, 6.45) is 2.52. The number of rotatable bonds is 6. The van der Waals surface area contributed by atoms with Gasteiger partial charge in [-0.2, -0.15) is 0 Å². The number of hydrogen-bond acceptors (Lipinski definition) is 4. The number of nitrogens with zero attached hydrogens (tertiary/aromatic N) is 2. The van der Waals surface area contributed by atoms with E-state index in [1.807, 2.05) is 20.8 Å². The van der Waals surface area contributed by atoms with Crippen LogP contribution in [-0.4, -0.2) is 47.2 Å². The van der Waals surface area contributed by atoms with Crippen LogP contribution < -0.4 is 4.74 Å². The van der Waals surface area contributed by atoms with E-state index in [0.717, 1.165) is 12.2 Å². The van der Waals surface area contributed by atoms with Crippen molar-refractivity contribution in [3.05, 3.63) is 23.4 Å². The summed E-state index contributed by atoms with van der Waals surface area (Å²) < 4.78 is 5.67. The van der Waals surface area contributed by atoms with Crippen LogP contribution in [0, 0.1) is 0 Å². The maximum atomic E-state index is 11.2. The van der Waals surface area contributed by atoms with Gasteiger partial charge in [0, 0.05) is 24.1 Å². The van der Waals surface area contributed by atoms with E-state index in [2.05, 4.69) is 16.9 Å². The third-order valence-corrected chi connectivity index (χ3v) is 3.68. The van der Waals surface area contributed by atoms with Crippen LogP contribution in [0.1, 0.15) is 49.7 Å². The van der Waals surface area contributed by atoms with Crippen LogP contribution in [0.3, 0.4) is 0 Å². The van der Waals surface area contributed by atoms with Gasteiger partial charge in [-0.05, 0) is 26.0 Å². The number of aromatic carboxylic acids is 1. The normalized spacial score (nSPS) is 15.3. The first-order valence-corrected chi connectivity index (χ1v) is 7.36. The minimum absolute atomic E-state index is 0.214. The molecular formula is C16H24N2O3. The van der Waals surface area contributed by atoms with Gasteiger partial charge in [0.05, 0.1) is 11.3 Å². The lowest BCUT2D eigenvalue weighted by molar-refractivity contribution is 0.0695. The predicted octanol–water partition coefficient (Wildman–Crippen LogP) is 2.55. The fourth-order valence-electron chi connectivity index (χ4n) is 2.08. The second kappa shape index (κ2) is 6.02. The first kappa shape index (κ1) is 15.8. The number of carbonyl (C=O) groups is 1. The summed E-state index contributed by atoms with van der Waals surface area (Å²) >= 11 is 0. The van der Waals surface area contributed by atoms with Crippen molar-refractivity contribution in [2.75, 3.05) is 20.2 Å². The Hall–Kier alpha value is -1.62. The third-order valence-electron chi connectivity index (χ3n) is 3.68. The second-order valence-corrected chi connectivity index (χ2v) is 6.69. The molecule has 1 N–H and O–H groups in total. The smallest absolute Gasteiger partial charge is 0.335 e. The molecule has 0 atom stereocenters. The zero-order valence-electron chi connectivity index (χ0n) is 13.2. The van der Waals surface area contributed by atoms with Crippen LogP contribution >= 0.6 is 0 Å². The largest absolute Gasteiger partial charge is 0.478 e. The summed E-state index contributed by atoms with van der Waals surface area (Å²) in [6, 6.07) is 3.80. The minimum Gasteiger partial charge on any atom is -0.478 e. The topological polar surface area (TPSA) is 62.7 Å². The Bertz CT molecular complexity index is 519. The number of carboxylic acids is 1. The number of hydrogen-bond donors (Lipinski definition) is 1. The van der Waals surface area contributed by atoms with E-state index in [4.69, 9.17) is 4.74 Å². The fraction of sp³-hybridized carbons (Fsp3) is 0.625. The van der Waals surface area contributed by atoms with Gasteiger partial charge in [0.15, 0.2) is 0 Å². The van der Waals surface area contributed by atoms with Gasteiger partial charge in [0.1, 0.15) is 6.61 Å². The first-order valence-electron chi connectivity index (χ1n) is 7.36. The minimum atomic E-state index is -0.956. The predicted molar refractivity (Wildman–Crippen MR) is 81.0 cm³/mol. The molecule has 0 spiro atoms. The molecule has 2 rings (SSSR count). The molecule has 0 bridgehead atoms. The Labute approximate surface area is 125 Å². The van der Waals surface area contributed by atoms with Crippen molar-refractivity contribution in [3.63, 3.8) is 0 Å². The quantitative estimate of drug-likeness (QED) is 0.873. The molecule has 1 saturated carbocycles. The molecule has 1 aromatic rings. The average Bonchev–Trinajstić information content (AvgIpc) is 3.21. The molecule has 1 aliphatic rings. The highest BCUT2D eigenvalue weighted by atomic mass is 16.5. The van der Waals surface area contributed by atoms with Gasteiger partial charge in [0.25, 0.3) is 0 Å². The molecule has 1 heterocycles. The van der Waals surface area contributed by atoms with Crippen molar-refractivity contribution in [2.24, 2.45) is 0 Å². The van der Waals surface area contributed by atoms with E-state index in [-0.39, 0.29) is 11.0 Å². The van der Waals surface area contributed by atoms with Crippen LogP contribution in [-0.2, 0) is 5.41 Å². The Balaban J connectivity index is 2.06. The maximum Gasteiger partial charge on any atom is 0.335 e. The first-order chi connectivity index (χ1) is 9.77. The lowest BCUT2D eigenvalue weighted by Crippen LogP contribution is -2.26. The molecule has 0 amide bonds. The van der Waals surface area contributed by atoms with E-state index in [0.29, 0.717) is 18.5 Å². The molecule has 1 aromatic heterocycles. The molecule has 116 valence electrons. The van der Waals surface area contributed by atoms with E-state index in [1.165, 1.54) is 18.9 Å². The Morgan fingerprint density at radius 2 is 2.10 bits per heavy atom. The summed E-state index contributed by atoms with van der Waals surface area (Å²) in [5.41, 5.74) is 0.738. The molecule has 5 nitrogen and oxygen atoms in total. The summed E-state index contributed by atoms with van der Waals surface area (Å²) in [7, 11) is 2.09. The highest BCUT2D eigenvalue weighted by molar-refractivity contribution is 5.88. The molecule has 0 aromatic carbocycles. The Morgan fingerprint density at radius 1 is 1.43 bits per heavy atom. The molecule has 0 unspecified atom stereocenters. The van der Waals surface area contributed by atoms with E-state index >= 15 is 0 Å². The molecule has 0 aliphatic heterocycles. The summed E-state index contributed by atoms with van der Waals surface area (Å²) in [5.74, 6) is -0.563. The molecule has 1 aliphatic carbocycles. The number of likely N-dealkylation sites (N-methyl/N-ethyl adjacent to an activating group) is 1.